The molecule has 1 N–H and O–H groups in total. The van der Waals surface area contributed by atoms with Crippen LogP contribution < -0.4 is 5.32 Å². The highest BCUT2D eigenvalue weighted by Gasteiger charge is 2.43. The summed E-state index contributed by atoms with van der Waals surface area (Å²) in [6.45, 7) is 8.40. The first-order valence-electron chi connectivity index (χ1n) is 7.30. The number of rotatable bonds is 4. The summed E-state index contributed by atoms with van der Waals surface area (Å²) in [5, 5.41) is 2.71. The van der Waals surface area contributed by atoms with Crippen LogP contribution in [0, 0.1) is 0 Å². The van der Waals surface area contributed by atoms with E-state index in [-0.39, 0.29) is 11.9 Å². The fourth-order valence-corrected chi connectivity index (χ4v) is 2.94. The molecule has 1 unspecified atom stereocenters. The Bertz CT molecular complexity index is 368. The molecular weight excluding hydrogens is 242 g/mol. The van der Waals surface area contributed by atoms with E-state index < -0.39 is 5.54 Å². The molecule has 0 aliphatic carbocycles. The van der Waals surface area contributed by atoms with Crippen LogP contribution >= 0.6 is 0 Å². The summed E-state index contributed by atoms with van der Waals surface area (Å²) >= 11 is 0. The standard InChI is InChI=1S/C14H25N3O2/c1-11-7-4-5-8-16(11)9-6-10-17-12(18)14(2,3)15-13(17)19/h11H,4-10H2,1-3H3,(H,15,19). The lowest BCUT2D eigenvalue weighted by Crippen LogP contribution is -2.41. The van der Waals surface area contributed by atoms with Crippen molar-refractivity contribution in [2.45, 2.75) is 58.0 Å². The van der Waals surface area contributed by atoms with Crippen LogP contribution in [-0.2, 0) is 4.79 Å². The van der Waals surface area contributed by atoms with Gasteiger partial charge in [-0.2, -0.15) is 0 Å². The molecule has 0 aromatic rings. The normalized spacial score (nSPS) is 27.7. The molecule has 108 valence electrons. The maximum absolute atomic E-state index is 12.0. The second-order valence-electron chi connectivity index (χ2n) is 6.25. The minimum atomic E-state index is -0.741. The molecule has 5 heteroatoms. The van der Waals surface area contributed by atoms with Crippen LogP contribution in [0.25, 0.3) is 0 Å². The van der Waals surface area contributed by atoms with Crippen molar-refractivity contribution in [1.82, 2.24) is 15.1 Å². The molecule has 2 rings (SSSR count). The first-order chi connectivity index (χ1) is 8.92. The maximum Gasteiger partial charge on any atom is 0.325 e. The summed E-state index contributed by atoms with van der Waals surface area (Å²) in [5.74, 6) is -0.107. The lowest BCUT2D eigenvalue weighted by Gasteiger charge is -2.33. The van der Waals surface area contributed by atoms with E-state index in [1.807, 2.05) is 0 Å². The molecule has 0 aromatic carbocycles. The van der Waals surface area contributed by atoms with Crippen LogP contribution in [0.5, 0.6) is 0 Å². The number of urea groups is 1. The van der Waals surface area contributed by atoms with Crippen LogP contribution in [0.1, 0.15) is 46.5 Å². The summed E-state index contributed by atoms with van der Waals surface area (Å²) in [6.07, 6.45) is 4.70. The van der Waals surface area contributed by atoms with Crippen molar-refractivity contribution in [1.29, 1.82) is 0 Å². The van der Waals surface area contributed by atoms with Gasteiger partial charge < -0.3 is 10.2 Å². The van der Waals surface area contributed by atoms with Crippen LogP contribution in [0.3, 0.4) is 0 Å². The van der Waals surface area contributed by atoms with Gasteiger partial charge in [-0.15, -0.1) is 0 Å². The SMILES string of the molecule is CC1CCCCN1CCCN1C(=O)NC(C)(C)C1=O. The summed E-state index contributed by atoms with van der Waals surface area (Å²) in [7, 11) is 0. The highest BCUT2D eigenvalue weighted by atomic mass is 16.2. The number of carbonyl (C=O) groups is 2. The Labute approximate surface area is 115 Å². The van der Waals surface area contributed by atoms with Crippen molar-refractivity contribution < 1.29 is 9.59 Å². The van der Waals surface area contributed by atoms with Gasteiger partial charge in [0, 0.05) is 19.1 Å². The highest BCUT2D eigenvalue weighted by Crippen LogP contribution is 2.19. The third kappa shape index (κ3) is 3.08. The van der Waals surface area contributed by atoms with Crippen LogP contribution in [0.15, 0.2) is 0 Å². The molecule has 1 atom stereocenters. The van der Waals surface area contributed by atoms with Gasteiger partial charge in [0.1, 0.15) is 5.54 Å². The summed E-state index contributed by atoms with van der Waals surface area (Å²) in [6, 6.07) is 0.384. The van der Waals surface area contributed by atoms with Gasteiger partial charge in [-0.1, -0.05) is 6.42 Å². The largest absolute Gasteiger partial charge is 0.325 e. The number of nitrogens with zero attached hydrogens (tertiary/aromatic N) is 2. The number of imide groups is 1. The molecule has 5 nitrogen and oxygen atoms in total. The minimum Gasteiger partial charge on any atom is -0.324 e. The van der Waals surface area contributed by atoms with Crippen molar-refractivity contribution in [3.63, 3.8) is 0 Å². The van der Waals surface area contributed by atoms with E-state index in [1.165, 1.54) is 24.2 Å². The zero-order valence-electron chi connectivity index (χ0n) is 12.2. The van der Waals surface area contributed by atoms with Gasteiger partial charge in [-0.05, 0) is 46.6 Å². The topological polar surface area (TPSA) is 52.6 Å². The number of nitrogens with one attached hydrogen (secondary N) is 1. The van der Waals surface area contributed by atoms with Gasteiger partial charge in [0.2, 0.25) is 0 Å². The van der Waals surface area contributed by atoms with E-state index in [1.54, 1.807) is 13.8 Å². The number of hydrogen-bond donors (Lipinski definition) is 1. The second kappa shape index (κ2) is 5.49. The first kappa shape index (κ1) is 14.3. The molecule has 2 aliphatic rings. The predicted octanol–water partition coefficient (Wildman–Crippen LogP) is 1.58. The van der Waals surface area contributed by atoms with Crippen LogP contribution in [0.4, 0.5) is 4.79 Å². The molecule has 0 radical (unpaired) electrons. The molecule has 0 bridgehead atoms. The van der Waals surface area contributed by atoms with Gasteiger partial charge in [0.25, 0.3) is 5.91 Å². The molecule has 3 amide bonds. The highest BCUT2D eigenvalue weighted by molar-refractivity contribution is 6.06. The third-order valence-corrected chi connectivity index (χ3v) is 4.21. The molecule has 19 heavy (non-hydrogen) atoms. The van der Waals surface area contributed by atoms with Gasteiger partial charge in [0.05, 0.1) is 0 Å². The van der Waals surface area contributed by atoms with Gasteiger partial charge >= 0.3 is 6.03 Å². The quantitative estimate of drug-likeness (QED) is 0.787. The van der Waals surface area contributed by atoms with E-state index >= 15 is 0 Å². The molecule has 2 fully saturated rings. The van der Waals surface area contributed by atoms with E-state index in [4.69, 9.17) is 0 Å². The fraction of sp³-hybridized carbons (Fsp3) is 0.857. The molecule has 2 heterocycles. The van der Waals surface area contributed by atoms with E-state index in [2.05, 4.69) is 17.1 Å². The monoisotopic (exact) mass is 267 g/mol. The van der Waals surface area contributed by atoms with Gasteiger partial charge in [-0.3, -0.25) is 9.69 Å². The van der Waals surface area contributed by atoms with Crippen LogP contribution in [-0.4, -0.2) is 53.0 Å². The lowest BCUT2D eigenvalue weighted by molar-refractivity contribution is -0.130. The number of hydrogen-bond acceptors (Lipinski definition) is 3. The van der Waals surface area contributed by atoms with Crippen molar-refractivity contribution in [2.75, 3.05) is 19.6 Å². The number of amides is 3. The van der Waals surface area contributed by atoms with Gasteiger partial charge in [-0.25, -0.2) is 4.79 Å². The average molecular weight is 267 g/mol. The predicted molar refractivity (Wildman–Crippen MR) is 73.8 cm³/mol. The number of carbonyl (C=O) groups excluding carboxylic acids is 2. The van der Waals surface area contributed by atoms with Gasteiger partial charge in [0.15, 0.2) is 0 Å². The van der Waals surface area contributed by atoms with E-state index in [0.717, 1.165) is 19.5 Å². The molecular formula is C14H25N3O2. The Hall–Kier alpha value is -1.10. The van der Waals surface area contributed by atoms with E-state index in [0.29, 0.717) is 12.6 Å². The third-order valence-electron chi connectivity index (χ3n) is 4.21. The Morgan fingerprint density at radius 1 is 1.26 bits per heavy atom. The summed E-state index contributed by atoms with van der Waals surface area (Å²) in [5.41, 5.74) is -0.741. The number of piperidine rings is 1. The van der Waals surface area contributed by atoms with Crippen LogP contribution in [0.2, 0.25) is 0 Å². The number of likely N-dealkylation sites (tertiary alicyclic amines) is 1. The van der Waals surface area contributed by atoms with E-state index in [9.17, 15) is 9.59 Å². The maximum atomic E-state index is 12.0. The Morgan fingerprint density at radius 3 is 2.58 bits per heavy atom. The Morgan fingerprint density at radius 2 is 2.00 bits per heavy atom. The first-order valence-corrected chi connectivity index (χ1v) is 7.30. The fourth-order valence-electron chi connectivity index (χ4n) is 2.94. The van der Waals surface area contributed by atoms with Crippen molar-refractivity contribution >= 4 is 11.9 Å². The zero-order chi connectivity index (χ0) is 14.0. The molecule has 2 aliphatic heterocycles. The molecule has 0 aromatic heterocycles. The smallest absolute Gasteiger partial charge is 0.324 e. The Kier molecular flexibility index (Phi) is 4.13. The summed E-state index contributed by atoms with van der Waals surface area (Å²) in [4.78, 5) is 27.6. The molecule has 0 spiro atoms. The molecule has 0 saturated carbocycles. The zero-order valence-corrected chi connectivity index (χ0v) is 12.2. The minimum absolute atomic E-state index is 0.107. The second-order valence-corrected chi connectivity index (χ2v) is 6.25. The van der Waals surface area contributed by atoms with Crippen molar-refractivity contribution in [2.24, 2.45) is 0 Å². The molecule has 2 saturated heterocycles. The lowest BCUT2D eigenvalue weighted by atomic mass is 10.0. The van der Waals surface area contributed by atoms with Crippen molar-refractivity contribution in [3.8, 4) is 0 Å². The van der Waals surface area contributed by atoms with Crippen molar-refractivity contribution in [3.05, 3.63) is 0 Å². The Balaban J connectivity index is 1.79. The average Bonchev–Trinajstić information content (AvgIpc) is 2.53. The summed E-state index contributed by atoms with van der Waals surface area (Å²) < 4.78 is 0.